The van der Waals surface area contributed by atoms with E-state index in [2.05, 4.69) is 11.8 Å². The van der Waals surface area contributed by atoms with Crippen LogP contribution in [0.3, 0.4) is 0 Å². The van der Waals surface area contributed by atoms with Crippen LogP contribution in [0.1, 0.15) is 25.3 Å². The number of rotatable bonds is 3. The normalized spacial score (nSPS) is 11.3. The molecule has 0 aliphatic rings. The van der Waals surface area contributed by atoms with Gasteiger partial charge in [0.25, 0.3) is 0 Å². The number of carbonyl (C=O) groups is 1. The number of hydrogen-bond donors (Lipinski definition) is 1. The van der Waals surface area contributed by atoms with E-state index in [1.807, 2.05) is 30.3 Å². The summed E-state index contributed by atoms with van der Waals surface area (Å²) in [5, 5.41) is 9.37. The molecule has 0 heterocycles. The minimum Gasteiger partial charge on any atom is -0.392 e. The van der Waals surface area contributed by atoms with Gasteiger partial charge in [-0.3, -0.25) is 4.79 Å². The molecule has 2 nitrogen and oxygen atoms in total. The first-order valence-electron chi connectivity index (χ1n) is 4.90. The average molecular weight is 202 g/mol. The van der Waals surface area contributed by atoms with Gasteiger partial charge in [0.2, 0.25) is 0 Å². The molecule has 0 saturated carbocycles. The van der Waals surface area contributed by atoms with Crippen LogP contribution >= 0.6 is 0 Å². The Labute approximate surface area is 89.9 Å². The molecule has 0 spiro atoms. The molecule has 1 aromatic carbocycles. The summed E-state index contributed by atoms with van der Waals surface area (Å²) in [5.41, 5.74) is 0.924. The van der Waals surface area contributed by atoms with Crippen molar-refractivity contribution in [3.63, 3.8) is 0 Å². The smallest absolute Gasteiger partial charge is 0.132 e. The third-order valence-electron chi connectivity index (χ3n) is 1.87. The third kappa shape index (κ3) is 4.99. The molecule has 0 aromatic heterocycles. The summed E-state index contributed by atoms with van der Waals surface area (Å²) >= 11 is 0. The van der Waals surface area contributed by atoms with E-state index >= 15 is 0 Å². The van der Waals surface area contributed by atoms with Gasteiger partial charge in [-0.25, -0.2) is 0 Å². The van der Waals surface area contributed by atoms with Crippen molar-refractivity contribution in [2.24, 2.45) is 0 Å². The molecule has 1 aromatic rings. The van der Waals surface area contributed by atoms with Gasteiger partial charge in [0.1, 0.15) is 5.78 Å². The van der Waals surface area contributed by atoms with Gasteiger partial charge in [-0.1, -0.05) is 30.0 Å². The summed E-state index contributed by atoms with van der Waals surface area (Å²) in [5.74, 6) is 5.77. The maximum Gasteiger partial charge on any atom is 0.132 e. The van der Waals surface area contributed by atoms with Crippen LogP contribution in [0.4, 0.5) is 0 Å². The van der Waals surface area contributed by atoms with E-state index in [9.17, 15) is 9.90 Å². The maximum absolute atomic E-state index is 10.7. The molecule has 0 aliphatic heterocycles. The molecular weight excluding hydrogens is 188 g/mol. The van der Waals surface area contributed by atoms with Crippen LogP contribution in [0.25, 0.3) is 0 Å². The Balaban J connectivity index is 2.43. The Hall–Kier alpha value is -1.59. The standard InChI is InChI=1S/C13H14O2/c1-11(14)10-13(15)9-5-8-12-6-3-2-4-7-12/h2-4,6-7,13,15H,9-10H2,1H3/t13-/m1/s1. The lowest BCUT2D eigenvalue weighted by Crippen LogP contribution is -2.09. The number of ketones is 1. The first-order valence-corrected chi connectivity index (χ1v) is 4.90. The molecule has 0 fully saturated rings. The Morgan fingerprint density at radius 2 is 2.07 bits per heavy atom. The Morgan fingerprint density at radius 1 is 1.40 bits per heavy atom. The van der Waals surface area contributed by atoms with E-state index in [1.54, 1.807) is 0 Å². The average Bonchev–Trinajstić information content (AvgIpc) is 2.18. The number of hydrogen-bond acceptors (Lipinski definition) is 2. The van der Waals surface area contributed by atoms with Crippen LogP contribution in [0.2, 0.25) is 0 Å². The molecule has 1 N–H and O–H groups in total. The zero-order chi connectivity index (χ0) is 11.1. The summed E-state index contributed by atoms with van der Waals surface area (Å²) < 4.78 is 0. The highest BCUT2D eigenvalue weighted by molar-refractivity contribution is 5.75. The van der Waals surface area contributed by atoms with E-state index in [-0.39, 0.29) is 12.2 Å². The van der Waals surface area contributed by atoms with Crippen molar-refractivity contribution < 1.29 is 9.90 Å². The Bertz CT molecular complexity index is 371. The van der Waals surface area contributed by atoms with E-state index in [0.29, 0.717) is 6.42 Å². The number of aliphatic hydroxyl groups excluding tert-OH is 1. The number of carbonyl (C=O) groups excluding carboxylic acids is 1. The topological polar surface area (TPSA) is 37.3 Å². The Morgan fingerprint density at radius 3 is 2.67 bits per heavy atom. The van der Waals surface area contributed by atoms with Gasteiger partial charge in [-0.15, -0.1) is 0 Å². The molecule has 0 amide bonds. The minimum absolute atomic E-state index is 0.0102. The fourth-order valence-corrected chi connectivity index (χ4v) is 1.20. The van der Waals surface area contributed by atoms with Crippen molar-refractivity contribution in [1.82, 2.24) is 0 Å². The van der Waals surface area contributed by atoms with Gasteiger partial charge < -0.3 is 5.11 Å². The summed E-state index contributed by atoms with van der Waals surface area (Å²) in [4.78, 5) is 10.7. The van der Waals surface area contributed by atoms with Gasteiger partial charge in [-0.2, -0.15) is 0 Å². The molecule has 0 unspecified atom stereocenters. The number of benzene rings is 1. The molecular formula is C13H14O2. The fourth-order valence-electron chi connectivity index (χ4n) is 1.20. The van der Waals surface area contributed by atoms with Gasteiger partial charge in [0.05, 0.1) is 6.10 Å². The predicted octanol–water partition coefficient (Wildman–Crippen LogP) is 1.77. The summed E-state index contributed by atoms with van der Waals surface area (Å²) in [6.45, 7) is 1.47. The number of Topliss-reactive ketones (excluding diaryl/α,β-unsaturated/α-hetero) is 1. The first-order chi connectivity index (χ1) is 7.18. The summed E-state index contributed by atoms with van der Waals surface area (Å²) in [6.07, 6.45) is -0.114. The fraction of sp³-hybridized carbons (Fsp3) is 0.308. The highest BCUT2D eigenvalue weighted by Crippen LogP contribution is 1.99. The van der Waals surface area contributed by atoms with Crippen LogP contribution < -0.4 is 0 Å². The highest BCUT2D eigenvalue weighted by atomic mass is 16.3. The lowest BCUT2D eigenvalue weighted by molar-refractivity contribution is -0.118. The number of aliphatic hydroxyl groups is 1. The minimum atomic E-state index is -0.640. The van der Waals surface area contributed by atoms with Crippen molar-refractivity contribution >= 4 is 5.78 Å². The van der Waals surface area contributed by atoms with Gasteiger partial charge in [-0.05, 0) is 19.1 Å². The van der Waals surface area contributed by atoms with Gasteiger partial charge in [0, 0.05) is 18.4 Å². The lowest BCUT2D eigenvalue weighted by atomic mass is 10.1. The van der Waals surface area contributed by atoms with Crippen molar-refractivity contribution in [2.75, 3.05) is 0 Å². The second kappa shape index (κ2) is 6.00. The quantitative estimate of drug-likeness (QED) is 0.758. The second-order valence-electron chi connectivity index (χ2n) is 3.43. The van der Waals surface area contributed by atoms with Crippen LogP contribution in [-0.2, 0) is 4.79 Å². The Kier molecular flexibility index (Phi) is 4.59. The van der Waals surface area contributed by atoms with Crippen molar-refractivity contribution in [3.05, 3.63) is 35.9 Å². The molecule has 78 valence electrons. The zero-order valence-corrected chi connectivity index (χ0v) is 8.73. The molecule has 1 atom stereocenters. The van der Waals surface area contributed by atoms with Crippen molar-refractivity contribution in [1.29, 1.82) is 0 Å². The molecule has 0 radical (unpaired) electrons. The lowest BCUT2D eigenvalue weighted by Gasteiger charge is -2.01. The van der Waals surface area contributed by atoms with E-state index < -0.39 is 6.10 Å². The molecule has 0 aliphatic carbocycles. The van der Waals surface area contributed by atoms with E-state index in [0.717, 1.165) is 5.56 Å². The maximum atomic E-state index is 10.7. The first kappa shape index (κ1) is 11.5. The molecule has 0 bridgehead atoms. The van der Waals surface area contributed by atoms with Crippen molar-refractivity contribution in [2.45, 2.75) is 25.9 Å². The predicted molar refractivity (Wildman–Crippen MR) is 59.2 cm³/mol. The van der Waals surface area contributed by atoms with E-state index in [4.69, 9.17) is 0 Å². The third-order valence-corrected chi connectivity index (χ3v) is 1.87. The van der Waals surface area contributed by atoms with Crippen molar-refractivity contribution in [3.8, 4) is 11.8 Å². The molecule has 15 heavy (non-hydrogen) atoms. The van der Waals surface area contributed by atoms with Crippen LogP contribution in [0.15, 0.2) is 30.3 Å². The molecule has 0 saturated heterocycles. The van der Waals surface area contributed by atoms with Gasteiger partial charge >= 0.3 is 0 Å². The van der Waals surface area contributed by atoms with Crippen LogP contribution in [0, 0.1) is 11.8 Å². The molecule has 2 heteroatoms. The largest absolute Gasteiger partial charge is 0.392 e. The summed E-state index contributed by atoms with van der Waals surface area (Å²) in [7, 11) is 0. The summed E-state index contributed by atoms with van der Waals surface area (Å²) in [6, 6.07) is 9.57. The van der Waals surface area contributed by atoms with E-state index in [1.165, 1.54) is 6.92 Å². The SMILES string of the molecule is CC(=O)C[C@H](O)CC#Cc1ccccc1. The highest BCUT2D eigenvalue weighted by Gasteiger charge is 2.04. The monoisotopic (exact) mass is 202 g/mol. The molecule has 1 rings (SSSR count). The zero-order valence-electron chi connectivity index (χ0n) is 8.73. The van der Waals surface area contributed by atoms with Crippen LogP contribution in [0.5, 0.6) is 0 Å². The second-order valence-corrected chi connectivity index (χ2v) is 3.43. The van der Waals surface area contributed by atoms with Gasteiger partial charge in [0.15, 0.2) is 0 Å². The van der Waals surface area contributed by atoms with Crippen LogP contribution in [-0.4, -0.2) is 17.0 Å².